The largest absolute Gasteiger partial charge is 0.323 e. The molecule has 0 atom stereocenters. The number of rotatable bonds is 4. The van der Waals surface area contributed by atoms with Gasteiger partial charge in [0.05, 0.1) is 11.9 Å². The van der Waals surface area contributed by atoms with Crippen molar-refractivity contribution in [1.82, 2.24) is 15.0 Å². The van der Waals surface area contributed by atoms with Crippen molar-refractivity contribution in [2.24, 2.45) is 0 Å². The molecular formula is C17H14BrClN4O. The zero-order chi connectivity index (χ0) is 17.1. The van der Waals surface area contributed by atoms with E-state index in [9.17, 15) is 4.79 Å². The lowest BCUT2D eigenvalue weighted by Crippen LogP contribution is -2.19. The Labute approximate surface area is 152 Å². The van der Waals surface area contributed by atoms with Crippen LogP contribution in [0.4, 0.5) is 5.69 Å². The summed E-state index contributed by atoms with van der Waals surface area (Å²) >= 11 is 9.52. The van der Waals surface area contributed by atoms with Crippen LogP contribution in [-0.2, 0) is 11.3 Å². The molecule has 3 aromatic rings. The molecule has 7 heteroatoms. The zero-order valence-corrected chi connectivity index (χ0v) is 15.2. The van der Waals surface area contributed by atoms with E-state index < -0.39 is 0 Å². The van der Waals surface area contributed by atoms with Gasteiger partial charge < -0.3 is 5.32 Å². The monoisotopic (exact) mass is 404 g/mol. The van der Waals surface area contributed by atoms with E-state index in [1.807, 2.05) is 43.3 Å². The van der Waals surface area contributed by atoms with Gasteiger partial charge in [-0.2, -0.15) is 0 Å². The highest BCUT2D eigenvalue weighted by Crippen LogP contribution is 2.29. The molecule has 1 N–H and O–H groups in total. The molecule has 0 fully saturated rings. The molecule has 5 nitrogen and oxygen atoms in total. The predicted octanol–water partition coefficient (Wildman–Crippen LogP) is 4.31. The normalized spacial score (nSPS) is 10.6. The Morgan fingerprint density at radius 2 is 2.04 bits per heavy atom. The topological polar surface area (TPSA) is 59.8 Å². The van der Waals surface area contributed by atoms with Crippen molar-refractivity contribution in [2.45, 2.75) is 13.5 Å². The number of nitrogens with one attached hydrogen (secondary N) is 1. The maximum atomic E-state index is 12.2. The van der Waals surface area contributed by atoms with Crippen molar-refractivity contribution in [3.05, 3.63) is 63.7 Å². The summed E-state index contributed by atoms with van der Waals surface area (Å²) in [7, 11) is 0. The minimum atomic E-state index is -0.208. The summed E-state index contributed by atoms with van der Waals surface area (Å²) in [5.41, 5.74) is 3.24. The highest BCUT2D eigenvalue weighted by Gasteiger charge is 2.11. The van der Waals surface area contributed by atoms with Crippen molar-refractivity contribution in [1.29, 1.82) is 0 Å². The van der Waals surface area contributed by atoms with Crippen LogP contribution in [0.25, 0.3) is 11.3 Å². The van der Waals surface area contributed by atoms with Crippen molar-refractivity contribution in [3.8, 4) is 11.3 Å². The van der Waals surface area contributed by atoms with Crippen molar-refractivity contribution >= 4 is 39.1 Å². The average molecular weight is 406 g/mol. The molecule has 0 unspecified atom stereocenters. The van der Waals surface area contributed by atoms with Gasteiger partial charge in [-0.05, 0) is 40.5 Å². The first-order chi connectivity index (χ1) is 11.5. The molecule has 0 bridgehead atoms. The second kappa shape index (κ2) is 7.15. The Hall–Kier alpha value is -2.18. The van der Waals surface area contributed by atoms with Gasteiger partial charge in [-0.1, -0.05) is 47.1 Å². The van der Waals surface area contributed by atoms with Crippen LogP contribution in [0.3, 0.4) is 0 Å². The van der Waals surface area contributed by atoms with Gasteiger partial charge in [0.1, 0.15) is 12.2 Å². The Balaban J connectivity index is 1.70. The number of nitrogens with zero attached hydrogens (tertiary/aromatic N) is 3. The fourth-order valence-corrected chi connectivity index (χ4v) is 2.92. The van der Waals surface area contributed by atoms with Gasteiger partial charge in [0.2, 0.25) is 5.91 Å². The van der Waals surface area contributed by atoms with E-state index in [4.69, 9.17) is 11.6 Å². The highest BCUT2D eigenvalue weighted by molar-refractivity contribution is 9.10. The standard InChI is InChI=1S/C17H14BrClN4O/c1-11-7-13(18)15(8-14(11)19)20-17(24)10-23-9-16(21-22-23)12-5-3-2-4-6-12/h2-9H,10H2,1H3,(H,20,24). The predicted molar refractivity (Wildman–Crippen MR) is 98.0 cm³/mol. The quantitative estimate of drug-likeness (QED) is 0.703. The Bertz CT molecular complexity index is 880. The summed E-state index contributed by atoms with van der Waals surface area (Å²) < 4.78 is 2.28. The van der Waals surface area contributed by atoms with Crippen LogP contribution in [0.5, 0.6) is 0 Å². The van der Waals surface area contributed by atoms with Crippen LogP contribution in [0.1, 0.15) is 5.56 Å². The second-order valence-corrected chi connectivity index (χ2v) is 6.56. The number of hydrogen-bond donors (Lipinski definition) is 1. The number of carbonyl (C=O) groups excluding carboxylic acids is 1. The molecule has 0 spiro atoms. The van der Waals surface area contributed by atoms with Gasteiger partial charge in [-0.25, -0.2) is 4.68 Å². The maximum Gasteiger partial charge on any atom is 0.246 e. The zero-order valence-electron chi connectivity index (χ0n) is 12.8. The van der Waals surface area contributed by atoms with Gasteiger partial charge in [0, 0.05) is 15.1 Å². The number of anilines is 1. The maximum absolute atomic E-state index is 12.2. The number of benzene rings is 2. The van der Waals surface area contributed by atoms with E-state index in [0.717, 1.165) is 21.3 Å². The Morgan fingerprint density at radius 3 is 2.79 bits per heavy atom. The van der Waals surface area contributed by atoms with E-state index in [0.29, 0.717) is 10.7 Å². The van der Waals surface area contributed by atoms with Crippen LogP contribution >= 0.6 is 27.5 Å². The first kappa shape index (κ1) is 16.7. The van der Waals surface area contributed by atoms with Crippen LogP contribution < -0.4 is 5.32 Å². The third kappa shape index (κ3) is 3.83. The molecule has 24 heavy (non-hydrogen) atoms. The van der Waals surface area contributed by atoms with Gasteiger partial charge in [-0.15, -0.1) is 5.10 Å². The lowest BCUT2D eigenvalue weighted by molar-refractivity contribution is -0.116. The van der Waals surface area contributed by atoms with Crippen molar-refractivity contribution in [3.63, 3.8) is 0 Å². The van der Waals surface area contributed by atoms with Crippen LogP contribution in [0.2, 0.25) is 5.02 Å². The van der Waals surface area contributed by atoms with Gasteiger partial charge in [0.15, 0.2) is 0 Å². The number of amides is 1. The first-order valence-corrected chi connectivity index (χ1v) is 8.41. The minimum Gasteiger partial charge on any atom is -0.323 e. The summed E-state index contributed by atoms with van der Waals surface area (Å²) in [6, 6.07) is 13.3. The Kier molecular flexibility index (Phi) is 4.97. The second-order valence-electron chi connectivity index (χ2n) is 5.30. The molecule has 0 saturated heterocycles. The number of carbonyl (C=O) groups is 1. The van der Waals surface area contributed by atoms with Crippen molar-refractivity contribution < 1.29 is 4.79 Å². The molecule has 122 valence electrons. The average Bonchev–Trinajstić information content (AvgIpc) is 3.02. The van der Waals surface area contributed by atoms with Gasteiger partial charge >= 0.3 is 0 Å². The summed E-state index contributed by atoms with van der Waals surface area (Å²) in [5, 5.41) is 11.5. The highest BCUT2D eigenvalue weighted by atomic mass is 79.9. The molecule has 3 rings (SSSR count). The lowest BCUT2D eigenvalue weighted by Gasteiger charge is -2.09. The van der Waals surface area contributed by atoms with E-state index in [2.05, 4.69) is 31.6 Å². The fourth-order valence-electron chi connectivity index (χ4n) is 2.20. The summed E-state index contributed by atoms with van der Waals surface area (Å²) in [6.45, 7) is 1.97. The molecule has 1 amide bonds. The molecule has 0 radical (unpaired) electrons. The van der Waals surface area contributed by atoms with Crippen LogP contribution in [0, 0.1) is 6.92 Å². The fraction of sp³-hybridized carbons (Fsp3) is 0.118. The van der Waals surface area contributed by atoms with Crippen LogP contribution in [0.15, 0.2) is 53.1 Å². The van der Waals surface area contributed by atoms with Gasteiger partial charge in [0.25, 0.3) is 0 Å². The van der Waals surface area contributed by atoms with E-state index in [-0.39, 0.29) is 12.5 Å². The molecule has 0 aliphatic carbocycles. The summed E-state index contributed by atoms with van der Waals surface area (Å²) in [4.78, 5) is 12.2. The molecule has 0 aliphatic heterocycles. The molecule has 2 aromatic carbocycles. The van der Waals surface area contributed by atoms with Crippen LogP contribution in [-0.4, -0.2) is 20.9 Å². The van der Waals surface area contributed by atoms with E-state index in [1.165, 1.54) is 4.68 Å². The number of aromatic nitrogens is 3. The minimum absolute atomic E-state index is 0.0672. The van der Waals surface area contributed by atoms with Crippen molar-refractivity contribution in [2.75, 3.05) is 5.32 Å². The molecular weight excluding hydrogens is 392 g/mol. The van der Waals surface area contributed by atoms with E-state index >= 15 is 0 Å². The Morgan fingerprint density at radius 1 is 1.29 bits per heavy atom. The molecule has 0 saturated carbocycles. The summed E-state index contributed by atoms with van der Waals surface area (Å²) in [5.74, 6) is -0.208. The van der Waals surface area contributed by atoms with Gasteiger partial charge in [-0.3, -0.25) is 4.79 Å². The number of aryl methyl sites for hydroxylation is 1. The number of hydrogen-bond acceptors (Lipinski definition) is 3. The molecule has 1 aromatic heterocycles. The third-order valence-electron chi connectivity index (χ3n) is 3.44. The molecule has 0 aliphatic rings. The first-order valence-electron chi connectivity index (χ1n) is 7.24. The SMILES string of the molecule is Cc1cc(Br)c(NC(=O)Cn2cc(-c3ccccc3)nn2)cc1Cl. The third-order valence-corrected chi connectivity index (χ3v) is 4.50. The van der Waals surface area contributed by atoms with E-state index in [1.54, 1.807) is 12.3 Å². The number of halogens is 2. The molecule has 1 heterocycles. The smallest absolute Gasteiger partial charge is 0.246 e. The lowest BCUT2D eigenvalue weighted by atomic mass is 10.2. The summed E-state index contributed by atoms with van der Waals surface area (Å²) in [6.07, 6.45) is 1.74.